The number of benzene rings is 1. The van der Waals surface area contributed by atoms with E-state index in [1.54, 1.807) is 18.2 Å². The first-order chi connectivity index (χ1) is 8.41. The molecule has 5 heteroatoms. The molecule has 0 radical (unpaired) electrons. The van der Waals surface area contributed by atoms with Crippen molar-refractivity contribution in [1.82, 2.24) is 5.32 Å². The Morgan fingerprint density at radius 2 is 2.06 bits per heavy atom. The summed E-state index contributed by atoms with van der Waals surface area (Å²) in [7, 11) is 0. The Balaban J connectivity index is 2.61. The molecule has 1 unspecified atom stereocenters. The van der Waals surface area contributed by atoms with Crippen LogP contribution >= 0.6 is 15.9 Å². The molecule has 1 atom stereocenters. The minimum absolute atomic E-state index is 0.0607. The smallest absolute Gasteiger partial charge is 0.248 e. The summed E-state index contributed by atoms with van der Waals surface area (Å²) in [5.41, 5.74) is 6.49. The van der Waals surface area contributed by atoms with Gasteiger partial charge in [0.1, 0.15) is 0 Å². The van der Waals surface area contributed by atoms with E-state index in [2.05, 4.69) is 21.2 Å². The molecule has 0 fully saturated rings. The van der Waals surface area contributed by atoms with Crippen molar-refractivity contribution in [3.63, 3.8) is 0 Å². The number of carbonyl (C=O) groups excluding carboxylic acids is 2. The first-order valence-electron chi connectivity index (χ1n) is 5.72. The second-order valence-electron chi connectivity index (χ2n) is 4.43. The predicted molar refractivity (Wildman–Crippen MR) is 74.4 cm³/mol. The molecule has 98 valence electrons. The van der Waals surface area contributed by atoms with Gasteiger partial charge in [-0.25, -0.2) is 0 Å². The summed E-state index contributed by atoms with van der Waals surface area (Å²) in [5.74, 6) is -0.305. The molecule has 4 nitrogen and oxygen atoms in total. The van der Waals surface area contributed by atoms with Crippen LogP contribution in [0.5, 0.6) is 0 Å². The van der Waals surface area contributed by atoms with Gasteiger partial charge in [-0.2, -0.15) is 0 Å². The lowest BCUT2D eigenvalue weighted by molar-refractivity contribution is -0.121. The van der Waals surface area contributed by atoms with E-state index in [4.69, 9.17) is 5.73 Å². The van der Waals surface area contributed by atoms with Crippen molar-refractivity contribution in [2.24, 2.45) is 11.7 Å². The molecular formula is C13H17BrN2O2. The fourth-order valence-electron chi connectivity index (χ4n) is 1.42. The number of primary amides is 1. The van der Waals surface area contributed by atoms with E-state index in [0.717, 1.165) is 5.56 Å². The predicted octanol–water partition coefficient (Wildman–Crippen LogP) is 1.82. The fourth-order valence-corrected chi connectivity index (χ4v) is 1.59. The lowest BCUT2D eigenvalue weighted by atomic mass is 10.1. The number of nitrogens with one attached hydrogen (secondary N) is 1. The minimum atomic E-state index is -0.469. The quantitative estimate of drug-likeness (QED) is 0.814. The third kappa shape index (κ3) is 4.14. The van der Waals surface area contributed by atoms with Crippen molar-refractivity contribution in [3.05, 3.63) is 35.4 Å². The van der Waals surface area contributed by atoms with Gasteiger partial charge in [0, 0.05) is 12.1 Å². The molecule has 2 amide bonds. The molecule has 0 spiro atoms. The molecular weight excluding hydrogens is 296 g/mol. The average molecular weight is 313 g/mol. The zero-order valence-electron chi connectivity index (χ0n) is 10.4. The minimum Gasteiger partial charge on any atom is -0.366 e. The van der Waals surface area contributed by atoms with E-state index in [-0.39, 0.29) is 16.7 Å². The van der Waals surface area contributed by atoms with E-state index in [0.29, 0.717) is 12.1 Å². The largest absolute Gasteiger partial charge is 0.366 e. The van der Waals surface area contributed by atoms with Gasteiger partial charge in [-0.05, 0) is 23.6 Å². The van der Waals surface area contributed by atoms with E-state index in [1.165, 1.54) is 0 Å². The van der Waals surface area contributed by atoms with Gasteiger partial charge >= 0.3 is 0 Å². The molecule has 0 aliphatic rings. The topological polar surface area (TPSA) is 72.2 Å². The number of nitrogens with two attached hydrogens (primary N) is 1. The number of hydrogen-bond acceptors (Lipinski definition) is 2. The molecule has 1 rings (SSSR count). The third-order valence-electron chi connectivity index (χ3n) is 2.51. The Hall–Kier alpha value is -1.36. The van der Waals surface area contributed by atoms with Gasteiger partial charge in [-0.15, -0.1) is 0 Å². The van der Waals surface area contributed by atoms with Crippen molar-refractivity contribution >= 4 is 27.7 Å². The van der Waals surface area contributed by atoms with Crippen LogP contribution in [0.4, 0.5) is 0 Å². The summed E-state index contributed by atoms with van der Waals surface area (Å²) < 4.78 is 0. The van der Waals surface area contributed by atoms with Gasteiger partial charge in [-0.3, -0.25) is 9.59 Å². The fraction of sp³-hybridized carbons (Fsp3) is 0.385. The van der Waals surface area contributed by atoms with Crippen LogP contribution in [0.3, 0.4) is 0 Å². The molecule has 0 saturated carbocycles. The van der Waals surface area contributed by atoms with E-state index in [1.807, 2.05) is 19.9 Å². The van der Waals surface area contributed by atoms with E-state index < -0.39 is 5.91 Å². The van der Waals surface area contributed by atoms with Crippen LogP contribution in [-0.2, 0) is 11.3 Å². The number of hydrogen-bond donors (Lipinski definition) is 2. The highest BCUT2D eigenvalue weighted by atomic mass is 79.9. The number of rotatable bonds is 5. The molecule has 0 aromatic heterocycles. The molecule has 0 heterocycles. The number of alkyl halides is 1. The van der Waals surface area contributed by atoms with E-state index in [9.17, 15) is 9.59 Å². The number of carbonyl (C=O) groups is 2. The summed E-state index contributed by atoms with van der Waals surface area (Å²) in [5, 5.41) is 2.81. The van der Waals surface area contributed by atoms with Crippen LogP contribution in [0.25, 0.3) is 0 Å². The van der Waals surface area contributed by atoms with Crippen LogP contribution in [0, 0.1) is 5.92 Å². The molecule has 1 aromatic rings. The SMILES string of the molecule is CC(C)C(Br)C(=O)NCc1cccc(C(N)=O)c1. The summed E-state index contributed by atoms with van der Waals surface area (Å²) in [6.07, 6.45) is 0. The number of amides is 2. The van der Waals surface area contributed by atoms with Gasteiger partial charge < -0.3 is 11.1 Å². The Morgan fingerprint density at radius 3 is 2.61 bits per heavy atom. The van der Waals surface area contributed by atoms with Gasteiger partial charge in [0.15, 0.2) is 0 Å². The maximum atomic E-state index is 11.7. The summed E-state index contributed by atoms with van der Waals surface area (Å²) in [6.45, 7) is 4.31. The second-order valence-corrected chi connectivity index (χ2v) is 5.41. The Bertz CT molecular complexity index is 446. The summed E-state index contributed by atoms with van der Waals surface area (Å²) >= 11 is 3.33. The maximum absolute atomic E-state index is 11.7. The lowest BCUT2D eigenvalue weighted by Gasteiger charge is -2.13. The summed E-state index contributed by atoms with van der Waals surface area (Å²) in [4.78, 5) is 22.5. The van der Waals surface area contributed by atoms with Crippen LogP contribution in [0.15, 0.2) is 24.3 Å². The molecule has 0 bridgehead atoms. The van der Waals surface area contributed by atoms with Crippen LogP contribution in [0.1, 0.15) is 29.8 Å². The van der Waals surface area contributed by atoms with Gasteiger partial charge in [0.2, 0.25) is 11.8 Å². The van der Waals surface area contributed by atoms with Crippen molar-refractivity contribution in [2.45, 2.75) is 25.2 Å². The molecule has 0 saturated heterocycles. The van der Waals surface area contributed by atoms with Crippen LogP contribution in [-0.4, -0.2) is 16.6 Å². The van der Waals surface area contributed by atoms with Crippen molar-refractivity contribution in [2.75, 3.05) is 0 Å². The Labute approximate surface area is 115 Å². The first kappa shape index (κ1) is 14.7. The van der Waals surface area contributed by atoms with Gasteiger partial charge in [0.05, 0.1) is 4.83 Å². The zero-order chi connectivity index (χ0) is 13.7. The molecule has 18 heavy (non-hydrogen) atoms. The summed E-state index contributed by atoms with van der Waals surface area (Å²) in [6, 6.07) is 6.91. The maximum Gasteiger partial charge on any atom is 0.248 e. The highest BCUT2D eigenvalue weighted by molar-refractivity contribution is 9.10. The Kier molecular flexibility index (Phi) is 5.34. The molecule has 1 aromatic carbocycles. The van der Waals surface area contributed by atoms with Gasteiger partial charge in [0.25, 0.3) is 0 Å². The highest BCUT2D eigenvalue weighted by Gasteiger charge is 2.17. The number of halogens is 1. The molecule has 0 aliphatic heterocycles. The first-order valence-corrected chi connectivity index (χ1v) is 6.64. The monoisotopic (exact) mass is 312 g/mol. The van der Waals surface area contributed by atoms with Crippen LogP contribution in [0.2, 0.25) is 0 Å². The Morgan fingerprint density at radius 1 is 1.39 bits per heavy atom. The normalized spacial score (nSPS) is 12.2. The zero-order valence-corrected chi connectivity index (χ0v) is 12.0. The van der Waals surface area contributed by atoms with Crippen molar-refractivity contribution in [1.29, 1.82) is 0 Å². The average Bonchev–Trinajstić information content (AvgIpc) is 2.35. The molecule has 3 N–H and O–H groups in total. The van der Waals surface area contributed by atoms with Crippen molar-refractivity contribution in [3.8, 4) is 0 Å². The lowest BCUT2D eigenvalue weighted by Crippen LogP contribution is -2.33. The highest BCUT2D eigenvalue weighted by Crippen LogP contribution is 2.12. The van der Waals surface area contributed by atoms with Crippen molar-refractivity contribution < 1.29 is 9.59 Å². The van der Waals surface area contributed by atoms with Crippen LogP contribution < -0.4 is 11.1 Å². The van der Waals surface area contributed by atoms with Gasteiger partial charge in [-0.1, -0.05) is 41.9 Å². The second kappa shape index (κ2) is 6.54. The standard InChI is InChI=1S/C13H17BrN2O2/c1-8(2)11(14)13(18)16-7-9-4-3-5-10(6-9)12(15)17/h3-6,8,11H,7H2,1-2H3,(H2,15,17)(H,16,18). The third-order valence-corrected chi connectivity index (χ3v) is 3.99. The van der Waals surface area contributed by atoms with E-state index >= 15 is 0 Å². The molecule has 0 aliphatic carbocycles.